The van der Waals surface area contributed by atoms with Crippen molar-refractivity contribution < 1.29 is 20.1 Å². The van der Waals surface area contributed by atoms with E-state index in [0.29, 0.717) is 18.4 Å². The lowest BCUT2D eigenvalue weighted by Gasteiger charge is -2.40. The summed E-state index contributed by atoms with van der Waals surface area (Å²) in [6, 6.07) is 14.0. The van der Waals surface area contributed by atoms with Crippen LogP contribution in [0.3, 0.4) is 0 Å². The van der Waals surface area contributed by atoms with Crippen LogP contribution in [0.5, 0.6) is 11.5 Å². The molecule has 0 amide bonds. The molecule has 1 aliphatic carbocycles. The van der Waals surface area contributed by atoms with E-state index in [2.05, 4.69) is 31.2 Å². The first-order chi connectivity index (χ1) is 12.6. The van der Waals surface area contributed by atoms with E-state index in [1.165, 1.54) is 5.56 Å². The molecule has 0 saturated heterocycles. The number of rotatable bonds is 4. The largest absolute Gasteiger partial charge is 0.504 e. The Morgan fingerprint density at radius 1 is 1.15 bits per heavy atom. The molecule has 0 radical (unpaired) electrons. The summed E-state index contributed by atoms with van der Waals surface area (Å²) in [5.41, 5.74) is 9.38. The first kappa shape index (κ1) is 19.8. The van der Waals surface area contributed by atoms with Crippen LogP contribution >= 0.6 is 0 Å². The van der Waals surface area contributed by atoms with Gasteiger partial charge in [-0.3, -0.25) is 4.79 Å². The number of phenolic OH excluding ortho intramolecular Hbond substituents is 2. The Morgan fingerprint density at radius 3 is 2.38 bits per heavy atom. The van der Waals surface area contributed by atoms with Crippen molar-refractivity contribution in [3.8, 4) is 11.5 Å². The van der Waals surface area contributed by atoms with Crippen LogP contribution in [0.1, 0.15) is 48.3 Å². The smallest absolute Gasteiger partial charge is 0.290 e. The Labute approximate surface area is 154 Å². The summed E-state index contributed by atoms with van der Waals surface area (Å²) in [5, 5.41) is 27.1. The zero-order chi connectivity index (χ0) is 19.1. The first-order valence-electron chi connectivity index (χ1n) is 8.95. The van der Waals surface area contributed by atoms with Gasteiger partial charge in [0, 0.05) is 5.56 Å². The molecule has 5 nitrogen and oxygen atoms in total. The van der Waals surface area contributed by atoms with Crippen LogP contribution in [0, 0.1) is 5.92 Å². The molecule has 0 saturated carbocycles. The average molecular weight is 357 g/mol. The molecule has 3 unspecified atom stereocenters. The Morgan fingerprint density at radius 2 is 1.81 bits per heavy atom. The number of aromatic hydroxyl groups is 2. The van der Waals surface area contributed by atoms with Crippen LogP contribution in [0.2, 0.25) is 0 Å². The molecule has 5 heteroatoms. The molecule has 2 aromatic rings. The zero-order valence-electron chi connectivity index (χ0n) is 15.0. The molecule has 1 aliphatic rings. The maximum atomic E-state index is 10.3. The van der Waals surface area contributed by atoms with Gasteiger partial charge in [0.05, 0.1) is 0 Å². The normalized spacial score (nSPS) is 21.2. The molecule has 5 N–H and O–H groups in total. The zero-order valence-corrected chi connectivity index (χ0v) is 15.0. The SMILES string of the molecule is CCCC1C(c2ccccc2)Cc2c(ccc(O)c2O)C1CN.O=CO. The quantitative estimate of drug-likeness (QED) is 0.494. The standard InChI is InChI=1S/C20H25NO2.CH2O2/c1-2-6-14-16(13-7-4-3-5-8-13)11-17-15(18(14)12-21)9-10-19(22)20(17)23;2-1-3/h3-5,7-10,14,16,18,22-23H,2,6,11-12,21H2,1H3;1H,(H,2,3). The lowest BCUT2D eigenvalue weighted by Crippen LogP contribution is -2.32. The third-order valence-corrected chi connectivity index (χ3v) is 5.26. The molecule has 0 fully saturated rings. The summed E-state index contributed by atoms with van der Waals surface area (Å²) < 4.78 is 0. The van der Waals surface area contributed by atoms with Gasteiger partial charge in [0.25, 0.3) is 6.47 Å². The summed E-state index contributed by atoms with van der Waals surface area (Å²) in [7, 11) is 0. The van der Waals surface area contributed by atoms with Gasteiger partial charge in [-0.05, 0) is 54.3 Å². The van der Waals surface area contributed by atoms with Crippen LogP contribution < -0.4 is 5.73 Å². The maximum absolute atomic E-state index is 10.3. The second-order valence-corrected chi connectivity index (χ2v) is 6.62. The lowest BCUT2D eigenvalue weighted by molar-refractivity contribution is -0.122. The molecule has 3 atom stereocenters. The number of phenols is 2. The van der Waals surface area contributed by atoms with E-state index in [4.69, 9.17) is 15.6 Å². The third kappa shape index (κ3) is 3.99. The van der Waals surface area contributed by atoms with Gasteiger partial charge in [-0.15, -0.1) is 0 Å². The fourth-order valence-corrected chi connectivity index (χ4v) is 4.19. The van der Waals surface area contributed by atoms with Crippen LogP contribution in [0.25, 0.3) is 0 Å². The Balaban J connectivity index is 0.000000758. The van der Waals surface area contributed by atoms with E-state index in [1.807, 2.05) is 12.1 Å². The Bertz CT molecular complexity index is 717. The molecule has 140 valence electrons. The van der Waals surface area contributed by atoms with Crippen molar-refractivity contribution in [2.24, 2.45) is 11.7 Å². The predicted molar refractivity (Wildman–Crippen MR) is 102 cm³/mol. The molecule has 0 aromatic heterocycles. The van der Waals surface area contributed by atoms with Crippen molar-refractivity contribution in [3.63, 3.8) is 0 Å². The van der Waals surface area contributed by atoms with Crippen molar-refractivity contribution in [1.29, 1.82) is 0 Å². The monoisotopic (exact) mass is 357 g/mol. The first-order valence-corrected chi connectivity index (χ1v) is 8.95. The van der Waals surface area contributed by atoms with Gasteiger partial charge in [-0.2, -0.15) is 0 Å². The number of benzene rings is 2. The topological polar surface area (TPSA) is 104 Å². The van der Waals surface area contributed by atoms with E-state index in [-0.39, 0.29) is 23.9 Å². The minimum Gasteiger partial charge on any atom is -0.504 e. The third-order valence-electron chi connectivity index (χ3n) is 5.26. The molecule has 26 heavy (non-hydrogen) atoms. The number of carbonyl (C=O) groups is 1. The summed E-state index contributed by atoms with van der Waals surface area (Å²) in [4.78, 5) is 8.36. The van der Waals surface area contributed by atoms with Gasteiger partial charge in [0.2, 0.25) is 0 Å². The number of hydrogen-bond donors (Lipinski definition) is 4. The Kier molecular flexibility index (Phi) is 7.04. The highest BCUT2D eigenvalue weighted by molar-refractivity contribution is 5.53. The molecule has 3 rings (SSSR count). The average Bonchev–Trinajstić information content (AvgIpc) is 2.66. The molecule has 0 heterocycles. The van der Waals surface area contributed by atoms with Crippen LogP contribution in [-0.2, 0) is 11.2 Å². The van der Waals surface area contributed by atoms with Gasteiger partial charge >= 0.3 is 0 Å². The summed E-state index contributed by atoms with van der Waals surface area (Å²) in [6.45, 7) is 2.52. The molecule has 2 aromatic carbocycles. The van der Waals surface area contributed by atoms with Crippen molar-refractivity contribution in [3.05, 3.63) is 59.2 Å². The molecular formula is C21H27NO4. The molecule has 0 aliphatic heterocycles. The molecule has 0 bridgehead atoms. The second-order valence-electron chi connectivity index (χ2n) is 6.62. The predicted octanol–water partition coefficient (Wildman–Crippen LogP) is 3.60. The number of carboxylic acid groups (broad SMARTS) is 1. The number of nitrogens with two attached hydrogens (primary N) is 1. The highest BCUT2D eigenvalue weighted by Crippen LogP contribution is 2.50. The van der Waals surface area contributed by atoms with Crippen LogP contribution in [0.4, 0.5) is 0 Å². The van der Waals surface area contributed by atoms with E-state index >= 15 is 0 Å². The van der Waals surface area contributed by atoms with Gasteiger partial charge in [0.15, 0.2) is 11.5 Å². The summed E-state index contributed by atoms with van der Waals surface area (Å²) in [6.07, 6.45) is 2.98. The summed E-state index contributed by atoms with van der Waals surface area (Å²) in [5.74, 6) is 0.987. The number of hydrogen-bond acceptors (Lipinski definition) is 4. The van der Waals surface area contributed by atoms with Gasteiger partial charge < -0.3 is 21.1 Å². The van der Waals surface area contributed by atoms with E-state index < -0.39 is 0 Å². The fraction of sp³-hybridized carbons (Fsp3) is 0.381. The van der Waals surface area contributed by atoms with Crippen molar-refractivity contribution in [1.82, 2.24) is 0 Å². The Hall–Kier alpha value is -2.53. The minimum atomic E-state index is -0.250. The van der Waals surface area contributed by atoms with Gasteiger partial charge in [-0.1, -0.05) is 49.7 Å². The van der Waals surface area contributed by atoms with Gasteiger partial charge in [-0.25, -0.2) is 0 Å². The van der Waals surface area contributed by atoms with Crippen LogP contribution in [0.15, 0.2) is 42.5 Å². The number of fused-ring (bicyclic) bond motifs is 1. The van der Waals surface area contributed by atoms with E-state index in [1.54, 1.807) is 6.07 Å². The van der Waals surface area contributed by atoms with E-state index in [0.717, 1.165) is 30.4 Å². The van der Waals surface area contributed by atoms with Crippen molar-refractivity contribution in [2.45, 2.75) is 38.0 Å². The highest BCUT2D eigenvalue weighted by atomic mass is 16.3. The maximum Gasteiger partial charge on any atom is 0.290 e. The van der Waals surface area contributed by atoms with Crippen molar-refractivity contribution >= 4 is 6.47 Å². The minimum absolute atomic E-state index is 0.0248. The lowest BCUT2D eigenvalue weighted by atomic mass is 9.65. The second kappa shape index (κ2) is 9.25. The molecule has 0 spiro atoms. The van der Waals surface area contributed by atoms with Crippen molar-refractivity contribution in [2.75, 3.05) is 6.54 Å². The fourth-order valence-electron chi connectivity index (χ4n) is 4.19. The van der Waals surface area contributed by atoms with Crippen LogP contribution in [-0.4, -0.2) is 28.3 Å². The molecular weight excluding hydrogens is 330 g/mol. The van der Waals surface area contributed by atoms with Gasteiger partial charge in [0.1, 0.15) is 0 Å². The summed E-state index contributed by atoms with van der Waals surface area (Å²) >= 11 is 0. The van der Waals surface area contributed by atoms with E-state index in [9.17, 15) is 10.2 Å². The highest BCUT2D eigenvalue weighted by Gasteiger charge is 2.37.